The molecule has 1 unspecified atom stereocenters. The van der Waals surface area contributed by atoms with E-state index in [1.165, 1.54) is 0 Å². The Morgan fingerprint density at radius 1 is 0.891 bits per heavy atom. The summed E-state index contributed by atoms with van der Waals surface area (Å²) in [5.74, 6) is -2.00. The second kappa shape index (κ2) is 18.4. The van der Waals surface area contributed by atoms with Gasteiger partial charge in [-0.05, 0) is 69.5 Å². The Kier molecular flexibility index (Phi) is 14.7. The van der Waals surface area contributed by atoms with Gasteiger partial charge in [0, 0.05) is 13.1 Å². The molecule has 0 saturated carbocycles. The number of benzene rings is 3. The van der Waals surface area contributed by atoms with Crippen LogP contribution in [0.2, 0.25) is 0 Å². The molecule has 0 bridgehead atoms. The third kappa shape index (κ3) is 12.3. The molecule has 1 saturated heterocycles. The molecule has 4 rings (SSSR count). The van der Waals surface area contributed by atoms with Crippen molar-refractivity contribution in [3.8, 4) is 6.07 Å². The molecule has 1 aliphatic heterocycles. The zero-order valence-corrected chi connectivity index (χ0v) is 26.3. The Morgan fingerprint density at radius 2 is 1.33 bits per heavy atom. The number of carboxylic acids is 2. The van der Waals surface area contributed by atoms with Crippen molar-refractivity contribution >= 4 is 24.6 Å². The molecule has 0 radical (unpaired) electrons. The van der Waals surface area contributed by atoms with Crippen LogP contribution >= 0.6 is 0 Å². The number of allylic oxidation sites excluding steroid dienone is 1. The number of rotatable bonds is 9. The fourth-order valence-corrected chi connectivity index (χ4v) is 4.22. The molecule has 11 heteroatoms. The smallest absolute Gasteiger partial charge is 0.338 e. The fourth-order valence-electron chi connectivity index (χ4n) is 4.22. The Labute approximate surface area is 268 Å². The van der Waals surface area contributed by atoms with Gasteiger partial charge in [-0.2, -0.15) is 5.26 Å². The largest absolute Gasteiger partial charge is 0.478 e. The minimum Gasteiger partial charge on any atom is -0.478 e. The summed E-state index contributed by atoms with van der Waals surface area (Å²) in [5.41, 5.74) is 10.6. The summed E-state index contributed by atoms with van der Waals surface area (Å²) in [6, 6.07) is 22.5. The fraction of sp³-hybridized carbons (Fsp3) is 0.286. The van der Waals surface area contributed by atoms with Gasteiger partial charge in [0.25, 0.3) is 5.76 Å². The second-order valence-corrected chi connectivity index (χ2v) is 10.7. The molecular formula is C35H39N3O8. The van der Waals surface area contributed by atoms with Gasteiger partial charge in [0.2, 0.25) is 0 Å². The van der Waals surface area contributed by atoms with E-state index in [2.05, 4.69) is 11.9 Å². The Bertz CT molecular complexity index is 1490. The van der Waals surface area contributed by atoms with Crippen LogP contribution in [0.25, 0.3) is 0 Å². The standard InChI is InChI=1S/C19H23N3O4.2C8H8O2/c1-12-4-6-14(7-5-12)19(23)24-11-15-8-13(2)17(25-15)9-16(21)18(10-20)26-22-3;2*1-6-2-4-7(5-3-6)8(9)10/h4-7,13,15,17H,3,8-9,11,21H2,1-2H3;2*2-5H,1H3,(H,9,10)/b18-16+;;/t13?,15-,17-;;/m0../s1. The van der Waals surface area contributed by atoms with E-state index in [0.29, 0.717) is 23.1 Å². The predicted octanol–water partition coefficient (Wildman–Crippen LogP) is 6.05. The summed E-state index contributed by atoms with van der Waals surface area (Å²) in [7, 11) is 0. The minimum atomic E-state index is -0.875. The lowest BCUT2D eigenvalue weighted by atomic mass is 9.98. The number of esters is 1. The van der Waals surface area contributed by atoms with Crippen LogP contribution in [0.1, 0.15) is 67.5 Å². The number of carbonyl (C=O) groups excluding carboxylic acids is 1. The average molecular weight is 630 g/mol. The Balaban J connectivity index is 0.000000299. The van der Waals surface area contributed by atoms with E-state index in [1.807, 2.05) is 45.9 Å². The van der Waals surface area contributed by atoms with E-state index in [1.54, 1.807) is 60.7 Å². The first-order valence-electron chi connectivity index (χ1n) is 14.4. The third-order valence-corrected chi connectivity index (χ3v) is 6.89. The molecule has 4 N–H and O–H groups in total. The van der Waals surface area contributed by atoms with Crippen molar-refractivity contribution < 1.29 is 38.9 Å². The number of nitrogens with zero attached hydrogens (tertiary/aromatic N) is 2. The van der Waals surface area contributed by atoms with Crippen LogP contribution in [0.15, 0.2) is 89.4 Å². The number of oxime groups is 1. The van der Waals surface area contributed by atoms with Crippen LogP contribution in [0.3, 0.4) is 0 Å². The van der Waals surface area contributed by atoms with Crippen LogP contribution in [0, 0.1) is 38.0 Å². The lowest BCUT2D eigenvalue weighted by Gasteiger charge is -2.16. The summed E-state index contributed by atoms with van der Waals surface area (Å²) in [5, 5.41) is 29.2. The van der Waals surface area contributed by atoms with E-state index in [-0.39, 0.29) is 42.2 Å². The number of aromatic carboxylic acids is 2. The minimum absolute atomic E-state index is 0.0787. The van der Waals surface area contributed by atoms with Crippen molar-refractivity contribution in [2.24, 2.45) is 16.8 Å². The quantitative estimate of drug-likeness (QED) is 0.0829. The first-order valence-corrected chi connectivity index (χ1v) is 14.4. The molecule has 0 amide bonds. The summed E-state index contributed by atoms with van der Waals surface area (Å²) in [4.78, 5) is 37.4. The number of hydrogen-bond acceptors (Lipinski definition) is 9. The summed E-state index contributed by atoms with van der Waals surface area (Å²) in [6.45, 7) is 11.2. The van der Waals surface area contributed by atoms with Gasteiger partial charge in [-0.15, -0.1) is 0 Å². The molecular weight excluding hydrogens is 590 g/mol. The SMILES string of the molecule is C=NO/C(C#N)=C(/N)C[C@@H]1O[C@H](COC(=O)c2ccc(C)cc2)CC1C.Cc1ccc(C(=O)O)cc1.Cc1ccc(C(=O)O)cc1. The van der Waals surface area contributed by atoms with Gasteiger partial charge in [0.1, 0.15) is 12.7 Å². The molecule has 0 spiro atoms. The van der Waals surface area contributed by atoms with E-state index in [9.17, 15) is 14.4 Å². The summed E-state index contributed by atoms with van der Waals surface area (Å²) < 4.78 is 11.3. The summed E-state index contributed by atoms with van der Waals surface area (Å²) in [6.07, 6.45) is 0.680. The van der Waals surface area contributed by atoms with Gasteiger partial charge in [0.15, 0.2) is 0 Å². The van der Waals surface area contributed by atoms with E-state index >= 15 is 0 Å². The van der Waals surface area contributed by atoms with E-state index in [0.717, 1.165) is 23.1 Å². The van der Waals surface area contributed by atoms with Gasteiger partial charge in [-0.25, -0.2) is 14.4 Å². The van der Waals surface area contributed by atoms with Crippen molar-refractivity contribution in [3.63, 3.8) is 0 Å². The van der Waals surface area contributed by atoms with Gasteiger partial charge < -0.3 is 30.3 Å². The summed E-state index contributed by atoms with van der Waals surface area (Å²) >= 11 is 0. The van der Waals surface area contributed by atoms with E-state index < -0.39 is 11.9 Å². The number of nitrogens with two attached hydrogens (primary N) is 1. The topological polar surface area (TPSA) is 182 Å². The number of aryl methyl sites for hydroxylation is 3. The van der Waals surface area contributed by atoms with Gasteiger partial charge in [0.05, 0.1) is 34.6 Å². The number of nitriles is 1. The number of hydrogen-bond donors (Lipinski definition) is 3. The van der Waals surface area contributed by atoms with Gasteiger partial charge in [-0.1, -0.05) is 65.2 Å². The lowest BCUT2D eigenvalue weighted by Crippen LogP contribution is -2.21. The van der Waals surface area contributed by atoms with Crippen molar-refractivity contribution in [1.82, 2.24) is 0 Å². The molecule has 242 valence electrons. The van der Waals surface area contributed by atoms with Crippen LogP contribution in [-0.4, -0.2) is 53.7 Å². The maximum atomic E-state index is 12.1. The highest BCUT2D eigenvalue weighted by Crippen LogP contribution is 2.30. The highest BCUT2D eigenvalue weighted by molar-refractivity contribution is 5.89. The molecule has 0 aliphatic carbocycles. The Morgan fingerprint density at radius 3 is 1.72 bits per heavy atom. The molecule has 3 aromatic carbocycles. The molecule has 0 aromatic heterocycles. The zero-order valence-electron chi connectivity index (χ0n) is 26.3. The Hall–Kier alpha value is -5.47. The predicted molar refractivity (Wildman–Crippen MR) is 172 cm³/mol. The van der Waals surface area contributed by atoms with Crippen LogP contribution in [-0.2, 0) is 14.3 Å². The maximum absolute atomic E-state index is 12.1. The zero-order chi connectivity index (χ0) is 34.2. The van der Waals surface area contributed by atoms with Crippen molar-refractivity contribution in [2.75, 3.05) is 6.61 Å². The average Bonchev–Trinajstić information content (AvgIpc) is 3.38. The van der Waals surface area contributed by atoms with Crippen LogP contribution < -0.4 is 5.73 Å². The van der Waals surface area contributed by atoms with E-state index in [4.69, 9.17) is 35.5 Å². The van der Waals surface area contributed by atoms with Gasteiger partial charge >= 0.3 is 17.9 Å². The number of ether oxygens (including phenoxy) is 2. The molecule has 46 heavy (non-hydrogen) atoms. The molecule has 11 nitrogen and oxygen atoms in total. The first-order chi connectivity index (χ1) is 21.8. The lowest BCUT2D eigenvalue weighted by molar-refractivity contribution is -0.0107. The highest BCUT2D eigenvalue weighted by Gasteiger charge is 2.34. The maximum Gasteiger partial charge on any atom is 0.338 e. The second-order valence-electron chi connectivity index (χ2n) is 10.7. The van der Waals surface area contributed by atoms with Gasteiger partial charge in [-0.3, -0.25) is 0 Å². The molecule has 1 fully saturated rings. The third-order valence-electron chi connectivity index (χ3n) is 6.89. The monoisotopic (exact) mass is 629 g/mol. The molecule has 1 heterocycles. The highest BCUT2D eigenvalue weighted by atomic mass is 16.6. The number of carbonyl (C=O) groups is 3. The van der Waals surface area contributed by atoms with Crippen LogP contribution in [0.4, 0.5) is 0 Å². The first kappa shape index (κ1) is 36.7. The number of carboxylic acid groups (broad SMARTS) is 2. The van der Waals surface area contributed by atoms with Crippen molar-refractivity contribution in [2.45, 2.75) is 52.7 Å². The van der Waals surface area contributed by atoms with Crippen molar-refractivity contribution in [1.29, 1.82) is 5.26 Å². The molecule has 3 atom stereocenters. The van der Waals surface area contributed by atoms with Crippen molar-refractivity contribution in [3.05, 3.63) is 118 Å². The molecule has 1 aliphatic rings. The molecule has 3 aromatic rings. The normalized spacial score (nSPS) is 17.0. The van der Waals surface area contributed by atoms with Crippen LogP contribution in [0.5, 0.6) is 0 Å².